The van der Waals surface area contributed by atoms with Crippen molar-refractivity contribution in [3.05, 3.63) is 23.9 Å². The largest absolute Gasteiger partial charge is 0.384 e. The third kappa shape index (κ3) is 3.95. The number of aromatic nitrogens is 1. The SMILES string of the molecule is COCCSCc1cccc(NN)n1. The maximum absolute atomic E-state index is 5.26. The third-order valence-electron chi connectivity index (χ3n) is 1.64. The topological polar surface area (TPSA) is 60.2 Å². The summed E-state index contributed by atoms with van der Waals surface area (Å²) in [5.74, 6) is 7.83. The predicted octanol–water partition coefficient (Wildman–Crippen LogP) is 1.25. The van der Waals surface area contributed by atoms with Gasteiger partial charge in [-0.1, -0.05) is 6.07 Å². The van der Waals surface area contributed by atoms with Gasteiger partial charge in [-0.05, 0) is 12.1 Å². The number of rotatable bonds is 6. The van der Waals surface area contributed by atoms with Crippen molar-refractivity contribution >= 4 is 17.6 Å². The molecule has 0 bridgehead atoms. The number of nitrogens with two attached hydrogens (primary N) is 1. The van der Waals surface area contributed by atoms with Crippen molar-refractivity contribution in [3.63, 3.8) is 0 Å². The predicted molar refractivity (Wildman–Crippen MR) is 60.1 cm³/mol. The van der Waals surface area contributed by atoms with Gasteiger partial charge in [-0.3, -0.25) is 0 Å². The summed E-state index contributed by atoms with van der Waals surface area (Å²) in [5, 5.41) is 0. The molecule has 5 heteroatoms. The van der Waals surface area contributed by atoms with E-state index in [2.05, 4.69) is 10.4 Å². The molecule has 0 aliphatic rings. The summed E-state index contributed by atoms with van der Waals surface area (Å²) in [7, 11) is 1.71. The average Bonchev–Trinajstić information content (AvgIpc) is 2.25. The minimum atomic E-state index is 0.704. The molecule has 14 heavy (non-hydrogen) atoms. The van der Waals surface area contributed by atoms with Gasteiger partial charge < -0.3 is 10.2 Å². The van der Waals surface area contributed by atoms with Crippen molar-refractivity contribution in [2.45, 2.75) is 5.75 Å². The number of thioether (sulfide) groups is 1. The van der Waals surface area contributed by atoms with Crippen molar-refractivity contribution in [1.82, 2.24) is 4.98 Å². The second-order valence-corrected chi connectivity index (χ2v) is 3.81. The van der Waals surface area contributed by atoms with E-state index in [1.165, 1.54) is 0 Å². The molecule has 0 aromatic carbocycles. The molecule has 1 aromatic rings. The molecule has 3 N–H and O–H groups in total. The Balaban J connectivity index is 2.34. The molecule has 0 atom stereocenters. The highest BCUT2D eigenvalue weighted by atomic mass is 32.2. The number of nitrogens with one attached hydrogen (secondary N) is 1. The molecule has 0 amide bonds. The summed E-state index contributed by atoms with van der Waals surface area (Å²) < 4.78 is 4.95. The van der Waals surface area contributed by atoms with Crippen molar-refractivity contribution in [2.24, 2.45) is 5.84 Å². The quantitative estimate of drug-likeness (QED) is 0.423. The normalized spacial score (nSPS) is 10.1. The fraction of sp³-hybridized carbons (Fsp3) is 0.444. The van der Waals surface area contributed by atoms with Crippen molar-refractivity contribution in [2.75, 3.05) is 24.9 Å². The van der Waals surface area contributed by atoms with Crippen LogP contribution in [0.25, 0.3) is 0 Å². The number of methoxy groups -OCH3 is 1. The van der Waals surface area contributed by atoms with Crippen LogP contribution < -0.4 is 11.3 Å². The van der Waals surface area contributed by atoms with E-state index in [9.17, 15) is 0 Å². The van der Waals surface area contributed by atoms with Crippen LogP contribution in [0.3, 0.4) is 0 Å². The summed E-state index contributed by atoms with van der Waals surface area (Å²) in [6.07, 6.45) is 0. The summed E-state index contributed by atoms with van der Waals surface area (Å²) in [5.41, 5.74) is 3.55. The lowest BCUT2D eigenvalue weighted by Gasteiger charge is -2.03. The highest BCUT2D eigenvalue weighted by molar-refractivity contribution is 7.98. The highest BCUT2D eigenvalue weighted by Gasteiger charge is 1.96. The number of nitrogen functional groups attached to an aromatic ring is 1. The zero-order chi connectivity index (χ0) is 10.2. The zero-order valence-electron chi connectivity index (χ0n) is 8.19. The minimum Gasteiger partial charge on any atom is -0.384 e. The van der Waals surface area contributed by atoms with Gasteiger partial charge in [0.05, 0.1) is 12.3 Å². The van der Waals surface area contributed by atoms with Gasteiger partial charge >= 0.3 is 0 Å². The van der Waals surface area contributed by atoms with E-state index in [0.29, 0.717) is 5.82 Å². The second-order valence-electron chi connectivity index (χ2n) is 2.70. The Labute approximate surface area is 88.2 Å². The monoisotopic (exact) mass is 213 g/mol. The molecule has 0 aliphatic carbocycles. The van der Waals surface area contributed by atoms with E-state index in [4.69, 9.17) is 10.6 Å². The fourth-order valence-corrected chi connectivity index (χ4v) is 1.76. The maximum Gasteiger partial charge on any atom is 0.140 e. The van der Waals surface area contributed by atoms with Crippen LogP contribution in [-0.4, -0.2) is 24.5 Å². The Morgan fingerprint density at radius 3 is 3.14 bits per heavy atom. The van der Waals surface area contributed by atoms with Crippen LogP contribution in [0.4, 0.5) is 5.82 Å². The first-order valence-electron chi connectivity index (χ1n) is 4.36. The minimum absolute atomic E-state index is 0.704. The Bertz CT molecular complexity index is 270. The molecular formula is C9H15N3OS. The van der Waals surface area contributed by atoms with Gasteiger partial charge in [0.15, 0.2) is 0 Å². The number of hydrogen-bond donors (Lipinski definition) is 2. The third-order valence-corrected chi connectivity index (χ3v) is 2.59. The molecule has 4 nitrogen and oxygen atoms in total. The Hall–Kier alpha value is -0.780. The standard InChI is InChI=1S/C9H15N3OS/c1-13-5-6-14-7-8-3-2-4-9(11-8)12-10/h2-4H,5-7,10H2,1H3,(H,11,12). The van der Waals surface area contributed by atoms with E-state index in [1.807, 2.05) is 18.2 Å². The molecule has 0 unspecified atom stereocenters. The average molecular weight is 213 g/mol. The summed E-state index contributed by atoms with van der Waals surface area (Å²) in [6, 6.07) is 5.76. The lowest BCUT2D eigenvalue weighted by atomic mass is 10.4. The number of hydrogen-bond acceptors (Lipinski definition) is 5. The summed E-state index contributed by atoms with van der Waals surface area (Å²) in [6.45, 7) is 0.777. The van der Waals surface area contributed by atoms with Crippen LogP contribution in [0.2, 0.25) is 0 Å². The number of anilines is 1. The molecule has 1 aromatic heterocycles. The van der Waals surface area contributed by atoms with E-state index in [-0.39, 0.29) is 0 Å². The molecule has 0 saturated carbocycles. The Morgan fingerprint density at radius 1 is 1.57 bits per heavy atom. The Kier molecular flexibility index (Phi) is 5.36. The van der Waals surface area contributed by atoms with Crippen LogP contribution in [0.5, 0.6) is 0 Å². The molecule has 0 fully saturated rings. The smallest absolute Gasteiger partial charge is 0.140 e. The zero-order valence-corrected chi connectivity index (χ0v) is 9.01. The molecule has 78 valence electrons. The number of hydrazine groups is 1. The van der Waals surface area contributed by atoms with E-state index in [0.717, 1.165) is 23.8 Å². The van der Waals surface area contributed by atoms with Crippen LogP contribution in [-0.2, 0) is 10.5 Å². The van der Waals surface area contributed by atoms with Crippen molar-refractivity contribution in [3.8, 4) is 0 Å². The number of pyridine rings is 1. The number of ether oxygens (including phenoxy) is 1. The van der Waals surface area contributed by atoms with Gasteiger partial charge in [0.25, 0.3) is 0 Å². The lowest BCUT2D eigenvalue weighted by Crippen LogP contribution is -2.08. The first-order chi connectivity index (χ1) is 6.86. The first kappa shape index (κ1) is 11.3. The molecule has 1 heterocycles. The summed E-state index contributed by atoms with van der Waals surface area (Å²) >= 11 is 1.79. The molecular weight excluding hydrogens is 198 g/mol. The second kappa shape index (κ2) is 6.64. The maximum atomic E-state index is 5.26. The number of nitrogens with zero attached hydrogens (tertiary/aromatic N) is 1. The molecule has 0 radical (unpaired) electrons. The van der Waals surface area contributed by atoms with Gasteiger partial charge in [-0.15, -0.1) is 0 Å². The van der Waals surface area contributed by atoms with Gasteiger partial charge in [0.2, 0.25) is 0 Å². The van der Waals surface area contributed by atoms with Crippen molar-refractivity contribution in [1.29, 1.82) is 0 Å². The summed E-state index contributed by atoms with van der Waals surface area (Å²) in [4.78, 5) is 4.29. The molecule has 0 saturated heterocycles. The van der Waals surface area contributed by atoms with Gasteiger partial charge in [-0.2, -0.15) is 11.8 Å². The fourth-order valence-electron chi connectivity index (χ4n) is 0.959. The lowest BCUT2D eigenvalue weighted by molar-refractivity contribution is 0.218. The first-order valence-corrected chi connectivity index (χ1v) is 5.51. The van der Waals surface area contributed by atoms with Gasteiger partial charge in [-0.25, -0.2) is 10.8 Å². The highest BCUT2D eigenvalue weighted by Crippen LogP contribution is 2.11. The molecule has 1 rings (SSSR count). The van der Waals surface area contributed by atoms with Crippen LogP contribution in [0.1, 0.15) is 5.69 Å². The van der Waals surface area contributed by atoms with Gasteiger partial charge in [0, 0.05) is 18.6 Å². The van der Waals surface area contributed by atoms with Crippen LogP contribution in [0, 0.1) is 0 Å². The van der Waals surface area contributed by atoms with E-state index < -0.39 is 0 Å². The van der Waals surface area contributed by atoms with Gasteiger partial charge in [0.1, 0.15) is 5.82 Å². The molecule has 0 spiro atoms. The van der Waals surface area contributed by atoms with Crippen LogP contribution >= 0.6 is 11.8 Å². The Morgan fingerprint density at radius 2 is 2.43 bits per heavy atom. The van der Waals surface area contributed by atoms with E-state index in [1.54, 1.807) is 18.9 Å². The van der Waals surface area contributed by atoms with Crippen LogP contribution in [0.15, 0.2) is 18.2 Å². The van der Waals surface area contributed by atoms with E-state index >= 15 is 0 Å². The molecule has 0 aliphatic heterocycles. The van der Waals surface area contributed by atoms with Crippen molar-refractivity contribution < 1.29 is 4.74 Å².